The quantitative estimate of drug-likeness (QED) is 0.813. The first-order valence-electron chi connectivity index (χ1n) is 8.02. The van der Waals surface area contributed by atoms with Gasteiger partial charge in [-0.3, -0.25) is 9.69 Å². The highest BCUT2D eigenvalue weighted by atomic mass is 16.2. The molecule has 2 aromatic rings. The second-order valence-electron chi connectivity index (χ2n) is 6.18. The molecule has 0 bridgehead atoms. The van der Waals surface area contributed by atoms with Gasteiger partial charge < -0.3 is 4.90 Å². The number of carbonyl (C=O) groups is 1. The summed E-state index contributed by atoms with van der Waals surface area (Å²) in [4.78, 5) is 16.4. The lowest BCUT2D eigenvalue weighted by molar-refractivity contribution is -0.131. The second kappa shape index (κ2) is 7.93. The summed E-state index contributed by atoms with van der Waals surface area (Å²) in [5.74, 6) is 0.138. The topological polar surface area (TPSA) is 23.6 Å². The highest BCUT2D eigenvalue weighted by molar-refractivity contribution is 5.78. The van der Waals surface area contributed by atoms with Gasteiger partial charge >= 0.3 is 0 Å². The van der Waals surface area contributed by atoms with Crippen LogP contribution in [0, 0.1) is 6.92 Å². The van der Waals surface area contributed by atoms with E-state index in [1.54, 1.807) is 4.90 Å². The SMILES string of the molecule is Cc1ccccc1CN(C)C(=O)CN(C)[C@H](C)c1ccccc1. The molecule has 0 heterocycles. The molecular weight excluding hydrogens is 284 g/mol. The first-order chi connectivity index (χ1) is 11.0. The van der Waals surface area contributed by atoms with E-state index in [9.17, 15) is 4.79 Å². The average Bonchev–Trinajstić information content (AvgIpc) is 2.56. The number of aryl methyl sites for hydroxylation is 1. The molecule has 3 nitrogen and oxygen atoms in total. The number of hydrogen-bond donors (Lipinski definition) is 0. The van der Waals surface area contributed by atoms with Gasteiger partial charge in [-0.25, -0.2) is 0 Å². The third-order valence-electron chi connectivity index (χ3n) is 4.42. The molecular formula is C20H26N2O. The van der Waals surface area contributed by atoms with E-state index in [-0.39, 0.29) is 11.9 Å². The summed E-state index contributed by atoms with van der Waals surface area (Å²) in [7, 11) is 3.87. The van der Waals surface area contributed by atoms with Gasteiger partial charge in [-0.1, -0.05) is 54.6 Å². The lowest BCUT2D eigenvalue weighted by Crippen LogP contribution is -2.37. The van der Waals surface area contributed by atoms with Crippen molar-refractivity contribution in [2.24, 2.45) is 0 Å². The summed E-state index contributed by atoms with van der Waals surface area (Å²) in [6.45, 7) is 5.28. The smallest absolute Gasteiger partial charge is 0.236 e. The molecule has 1 amide bonds. The van der Waals surface area contributed by atoms with Crippen LogP contribution in [0.15, 0.2) is 54.6 Å². The Morgan fingerprint density at radius 3 is 2.26 bits per heavy atom. The molecule has 0 saturated carbocycles. The predicted octanol–water partition coefficient (Wildman–Crippen LogP) is 3.65. The number of nitrogens with zero attached hydrogens (tertiary/aromatic N) is 2. The first-order valence-corrected chi connectivity index (χ1v) is 8.02. The van der Waals surface area contributed by atoms with Crippen LogP contribution in [0.3, 0.4) is 0 Å². The molecule has 2 rings (SSSR count). The molecule has 1 atom stereocenters. The molecule has 0 N–H and O–H groups in total. The van der Waals surface area contributed by atoms with Gasteiger partial charge in [0, 0.05) is 19.6 Å². The van der Waals surface area contributed by atoms with Crippen LogP contribution in [-0.4, -0.2) is 36.3 Å². The van der Waals surface area contributed by atoms with E-state index >= 15 is 0 Å². The molecule has 0 aliphatic rings. The largest absolute Gasteiger partial charge is 0.340 e. The molecule has 0 unspecified atom stereocenters. The molecule has 2 aromatic carbocycles. The Labute approximate surface area is 139 Å². The van der Waals surface area contributed by atoms with Crippen LogP contribution in [0.1, 0.15) is 29.7 Å². The average molecular weight is 310 g/mol. The Morgan fingerprint density at radius 1 is 1.00 bits per heavy atom. The van der Waals surface area contributed by atoms with Crippen LogP contribution < -0.4 is 0 Å². The molecule has 23 heavy (non-hydrogen) atoms. The molecule has 0 radical (unpaired) electrons. The molecule has 0 aliphatic carbocycles. The van der Waals surface area contributed by atoms with E-state index < -0.39 is 0 Å². The summed E-state index contributed by atoms with van der Waals surface area (Å²) in [6, 6.07) is 18.7. The Hall–Kier alpha value is -2.13. The fraction of sp³-hybridized carbons (Fsp3) is 0.350. The molecule has 0 aliphatic heterocycles. The maximum atomic E-state index is 12.5. The van der Waals surface area contributed by atoms with Gasteiger partial charge in [0.15, 0.2) is 0 Å². The van der Waals surface area contributed by atoms with E-state index in [0.29, 0.717) is 13.1 Å². The third kappa shape index (κ3) is 4.67. The Kier molecular flexibility index (Phi) is 5.94. The van der Waals surface area contributed by atoms with Crippen molar-refractivity contribution >= 4 is 5.91 Å². The van der Waals surface area contributed by atoms with Crippen LogP contribution in [0.5, 0.6) is 0 Å². The minimum Gasteiger partial charge on any atom is -0.340 e. The maximum Gasteiger partial charge on any atom is 0.236 e. The van der Waals surface area contributed by atoms with Crippen LogP contribution >= 0.6 is 0 Å². The first kappa shape index (κ1) is 17.2. The fourth-order valence-electron chi connectivity index (χ4n) is 2.59. The van der Waals surface area contributed by atoms with Crippen molar-refractivity contribution in [3.05, 3.63) is 71.3 Å². The lowest BCUT2D eigenvalue weighted by Gasteiger charge is -2.27. The highest BCUT2D eigenvalue weighted by Crippen LogP contribution is 2.18. The van der Waals surface area contributed by atoms with Gasteiger partial charge in [-0.15, -0.1) is 0 Å². The highest BCUT2D eigenvalue weighted by Gasteiger charge is 2.17. The Balaban J connectivity index is 1.94. The summed E-state index contributed by atoms with van der Waals surface area (Å²) >= 11 is 0. The zero-order chi connectivity index (χ0) is 16.8. The fourth-order valence-corrected chi connectivity index (χ4v) is 2.59. The van der Waals surface area contributed by atoms with E-state index in [4.69, 9.17) is 0 Å². The van der Waals surface area contributed by atoms with Crippen molar-refractivity contribution < 1.29 is 4.79 Å². The summed E-state index contributed by atoms with van der Waals surface area (Å²) in [5.41, 5.74) is 3.64. The summed E-state index contributed by atoms with van der Waals surface area (Å²) in [5, 5.41) is 0. The second-order valence-corrected chi connectivity index (χ2v) is 6.18. The number of likely N-dealkylation sites (N-methyl/N-ethyl adjacent to an activating group) is 2. The molecule has 3 heteroatoms. The van der Waals surface area contributed by atoms with Crippen LogP contribution in [0.25, 0.3) is 0 Å². The van der Waals surface area contributed by atoms with E-state index in [0.717, 1.165) is 0 Å². The predicted molar refractivity (Wildman–Crippen MR) is 95.1 cm³/mol. The van der Waals surface area contributed by atoms with Crippen LogP contribution in [0.2, 0.25) is 0 Å². The molecule has 122 valence electrons. The van der Waals surface area contributed by atoms with E-state index in [2.05, 4.69) is 43.0 Å². The zero-order valence-corrected chi connectivity index (χ0v) is 14.5. The van der Waals surface area contributed by atoms with Gasteiger partial charge in [0.2, 0.25) is 5.91 Å². The van der Waals surface area contributed by atoms with Crippen molar-refractivity contribution in [3.63, 3.8) is 0 Å². The molecule has 0 spiro atoms. The Morgan fingerprint density at radius 2 is 1.61 bits per heavy atom. The maximum absolute atomic E-state index is 12.5. The summed E-state index contributed by atoms with van der Waals surface area (Å²) in [6.07, 6.45) is 0. The minimum atomic E-state index is 0.138. The van der Waals surface area contributed by atoms with Gasteiger partial charge in [-0.05, 0) is 37.6 Å². The zero-order valence-electron chi connectivity index (χ0n) is 14.5. The van der Waals surface area contributed by atoms with Crippen LogP contribution in [-0.2, 0) is 11.3 Å². The third-order valence-corrected chi connectivity index (χ3v) is 4.42. The van der Waals surface area contributed by atoms with Gasteiger partial charge in [-0.2, -0.15) is 0 Å². The number of hydrogen-bond acceptors (Lipinski definition) is 2. The standard InChI is InChI=1S/C20H26N2O/c1-16-10-8-9-13-19(16)14-22(4)20(23)15-21(3)17(2)18-11-6-5-7-12-18/h5-13,17H,14-15H2,1-4H3/t17-/m1/s1. The van der Waals surface area contributed by atoms with Gasteiger partial charge in [0.05, 0.1) is 6.54 Å². The number of amides is 1. The lowest BCUT2D eigenvalue weighted by atomic mass is 10.1. The van der Waals surface area contributed by atoms with Gasteiger partial charge in [0.1, 0.15) is 0 Å². The van der Waals surface area contributed by atoms with Crippen molar-refractivity contribution in [1.29, 1.82) is 0 Å². The number of carbonyl (C=O) groups excluding carboxylic acids is 1. The van der Waals surface area contributed by atoms with Crippen molar-refractivity contribution in [2.75, 3.05) is 20.6 Å². The Bertz CT molecular complexity index is 639. The summed E-state index contributed by atoms with van der Waals surface area (Å²) < 4.78 is 0. The normalized spacial score (nSPS) is 12.2. The van der Waals surface area contributed by atoms with Crippen LogP contribution in [0.4, 0.5) is 0 Å². The van der Waals surface area contributed by atoms with E-state index in [1.807, 2.05) is 44.4 Å². The molecule has 0 aromatic heterocycles. The van der Waals surface area contributed by atoms with E-state index in [1.165, 1.54) is 16.7 Å². The molecule has 0 fully saturated rings. The van der Waals surface area contributed by atoms with Gasteiger partial charge in [0.25, 0.3) is 0 Å². The number of benzene rings is 2. The van der Waals surface area contributed by atoms with Crippen molar-refractivity contribution in [1.82, 2.24) is 9.80 Å². The van der Waals surface area contributed by atoms with Crippen molar-refractivity contribution in [3.8, 4) is 0 Å². The number of rotatable bonds is 6. The minimum absolute atomic E-state index is 0.138. The molecule has 0 saturated heterocycles. The van der Waals surface area contributed by atoms with Crippen molar-refractivity contribution in [2.45, 2.75) is 26.4 Å². The monoisotopic (exact) mass is 310 g/mol.